The number of thiocarbonyl (C=S) groups is 1. The summed E-state index contributed by atoms with van der Waals surface area (Å²) in [6.45, 7) is 1.96. The number of hydrogen-bond acceptors (Lipinski definition) is 2. The van der Waals surface area contributed by atoms with Crippen molar-refractivity contribution in [1.82, 2.24) is 0 Å². The van der Waals surface area contributed by atoms with Crippen molar-refractivity contribution in [3.8, 4) is 11.5 Å². The fourth-order valence-corrected chi connectivity index (χ4v) is 2.08. The molecule has 2 rings (SSSR count). The molecule has 0 unspecified atom stereocenters. The molecule has 0 aliphatic rings. The van der Waals surface area contributed by atoms with Crippen LogP contribution >= 0.6 is 35.4 Å². The first-order valence-corrected chi connectivity index (χ1v) is 6.67. The van der Waals surface area contributed by atoms with Gasteiger partial charge in [0.15, 0.2) is 0 Å². The third-order valence-electron chi connectivity index (χ3n) is 2.51. The normalized spacial score (nSPS) is 10.3. The molecule has 2 aromatic rings. The standard InChI is InChI=1S/C14H11Cl2NOS/c1-8-2-4-11(16)13(6-8)18-12-5-3-9(15)7-10(12)14(17)19/h2-7H,1H3,(H2,17,19). The molecular weight excluding hydrogens is 301 g/mol. The zero-order valence-electron chi connectivity index (χ0n) is 10.1. The van der Waals surface area contributed by atoms with Crippen molar-refractivity contribution in [2.75, 3.05) is 0 Å². The lowest BCUT2D eigenvalue weighted by atomic mass is 10.2. The van der Waals surface area contributed by atoms with E-state index < -0.39 is 0 Å². The van der Waals surface area contributed by atoms with Crippen LogP contribution in [0.5, 0.6) is 11.5 Å². The number of aryl methyl sites for hydroxylation is 1. The van der Waals surface area contributed by atoms with E-state index >= 15 is 0 Å². The Kier molecular flexibility index (Phi) is 4.30. The molecule has 0 heterocycles. The van der Waals surface area contributed by atoms with E-state index in [4.69, 9.17) is 45.9 Å². The maximum absolute atomic E-state index is 6.09. The molecule has 2 N–H and O–H groups in total. The lowest BCUT2D eigenvalue weighted by molar-refractivity contribution is 0.481. The van der Waals surface area contributed by atoms with Crippen molar-refractivity contribution in [2.45, 2.75) is 6.92 Å². The zero-order valence-corrected chi connectivity index (χ0v) is 12.4. The molecule has 0 spiro atoms. The lowest BCUT2D eigenvalue weighted by Crippen LogP contribution is -2.10. The first-order chi connectivity index (χ1) is 8.97. The molecule has 0 saturated heterocycles. The van der Waals surface area contributed by atoms with E-state index in [-0.39, 0.29) is 4.99 Å². The van der Waals surface area contributed by atoms with Crippen LogP contribution in [0.1, 0.15) is 11.1 Å². The highest BCUT2D eigenvalue weighted by Crippen LogP contribution is 2.33. The fraction of sp³-hybridized carbons (Fsp3) is 0.0714. The van der Waals surface area contributed by atoms with E-state index in [1.165, 1.54) is 0 Å². The van der Waals surface area contributed by atoms with Gasteiger partial charge in [0.1, 0.15) is 16.5 Å². The van der Waals surface area contributed by atoms with Crippen LogP contribution in [-0.2, 0) is 0 Å². The van der Waals surface area contributed by atoms with Gasteiger partial charge in [-0.25, -0.2) is 0 Å². The second kappa shape index (κ2) is 5.78. The molecule has 0 fully saturated rings. The van der Waals surface area contributed by atoms with Crippen LogP contribution in [0.2, 0.25) is 10.0 Å². The first kappa shape index (κ1) is 14.1. The highest BCUT2D eigenvalue weighted by molar-refractivity contribution is 7.80. The smallest absolute Gasteiger partial charge is 0.146 e. The van der Waals surface area contributed by atoms with Crippen LogP contribution in [0, 0.1) is 6.92 Å². The van der Waals surface area contributed by atoms with Crippen molar-refractivity contribution in [3.05, 3.63) is 57.6 Å². The molecule has 19 heavy (non-hydrogen) atoms. The Morgan fingerprint density at radius 2 is 1.84 bits per heavy atom. The summed E-state index contributed by atoms with van der Waals surface area (Å²) in [5, 5.41) is 1.07. The number of benzene rings is 2. The quantitative estimate of drug-likeness (QED) is 0.832. The van der Waals surface area contributed by atoms with Crippen LogP contribution in [-0.4, -0.2) is 4.99 Å². The third-order valence-corrected chi connectivity index (χ3v) is 3.28. The van der Waals surface area contributed by atoms with Crippen molar-refractivity contribution in [3.63, 3.8) is 0 Å². The molecule has 2 aromatic carbocycles. The molecule has 2 nitrogen and oxygen atoms in total. The third kappa shape index (κ3) is 3.38. The van der Waals surface area contributed by atoms with Gasteiger partial charge in [0.25, 0.3) is 0 Å². The molecule has 0 atom stereocenters. The van der Waals surface area contributed by atoms with Crippen LogP contribution in [0.3, 0.4) is 0 Å². The number of hydrogen-bond donors (Lipinski definition) is 1. The highest BCUT2D eigenvalue weighted by Gasteiger charge is 2.10. The summed E-state index contributed by atoms with van der Waals surface area (Å²) in [6.07, 6.45) is 0. The van der Waals surface area contributed by atoms with Gasteiger partial charge in [-0.3, -0.25) is 0 Å². The summed E-state index contributed by atoms with van der Waals surface area (Å²) in [5.41, 5.74) is 7.29. The Morgan fingerprint density at radius 1 is 1.11 bits per heavy atom. The molecule has 0 saturated carbocycles. The highest BCUT2D eigenvalue weighted by atomic mass is 35.5. The van der Waals surface area contributed by atoms with E-state index in [0.29, 0.717) is 27.1 Å². The molecule has 0 amide bonds. The largest absolute Gasteiger partial charge is 0.455 e. The van der Waals surface area contributed by atoms with Crippen LogP contribution in [0.4, 0.5) is 0 Å². The maximum atomic E-state index is 6.09. The average Bonchev–Trinajstić information content (AvgIpc) is 2.35. The van der Waals surface area contributed by atoms with Gasteiger partial charge in [-0.05, 0) is 42.8 Å². The first-order valence-electron chi connectivity index (χ1n) is 5.51. The van der Waals surface area contributed by atoms with Crippen molar-refractivity contribution in [2.24, 2.45) is 5.73 Å². The number of ether oxygens (including phenoxy) is 1. The summed E-state index contributed by atoms with van der Waals surface area (Å²) >= 11 is 17.0. The second-order valence-corrected chi connectivity index (χ2v) is 5.32. The number of nitrogens with two attached hydrogens (primary N) is 1. The van der Waals surface area contributed by atoms with E-state index in [1.807, 2.05) is 19.1 Å². The Labute approximate surface area is 127 Å². The zero-order chi connectivity index (χ0) is 14.0. The fourth-order valence-electron chi connectivity index (χ4n) is 1.59. The molecule has 0 radical (unpaired) electrons. The van der Waals surface area contributed by atoms with Crippen LogP contribution in [0.15, 0.2) is 36.4 Å². The van der Waals surface area contributed by atoms with Crippen molar-refractivity contribution >= 4 is 40.4 Å². The molecule has 0 bridgehead atoms. The maximum Gasteiger partial charge on any atom is 0.146 e. The van der Waals surface area contributed by atoms with Gasteiger partial charge in [-0.2, -0.15) is 0 Å². The van der Waals surface area contributed by atoms with E-state index in [1.54, 1.807) is 24.3 Å². The second-order valence-electron chi connectivity index (χ2n) is 4.04. The van der Waals surface area contributed by atoms with E-state index in [9.17, 15) is 0 Å². The Balaban J connectivity index is 2.43. The van der Waals surface area contributed by atoms with E-state index in [2.05, 4.69) is 0 Å². The van der Waals surface area contributed by atoms with Gasteiger partial charge < -0.3 is 10.5 Å². The summed E-state index contributed by atoms with van der Waals surface area (Å²) in [5.74, 6) is 1.09. The molecular formula is C14H11Cl2NOS. The Hall–Kier alpha value is -1.29. The number of halogens is 2. The summed E-state index contributed by atoms with van der Waals surface area (Å²) in [6, 6.07) is 10.6. The molecule has 0 aliphatic carbocycles. The van der Waals surface area contributed by atoms with Crippen molar-refractivity contribution < 1.29 is 4.74 Å². The average molecular weight is 312 g/mol. The predicted octanol–water partition coefficient (Wildman–Crippen LogP) is 4.73. The SMILES string of the molecule is Cc1ccc(Cl)c(Oc2ccc(Cl)cc2C(N)=S)c1. The van der Waals surface area contributed by atoms with Gasteiger partial charge in [0, 0.05) is 5.02 Å². The van der Waals surface area contributed by atoms with Gasteiger partial charge in [-0.15, -0.1) is 0 Å². The van der Waals surface area contributed by atoms with Crippen molar-refractivity contribution in [1.29, 1.82) is 0 Å². The molecule has 0 aromatic heterocycles. The molecule has 0 aliphatic heterocycles. The summed E-state index contributed by atoms with van der Waals surface area (Å²) in [7, 11) is 0. The molecule has 5 heteroatoms. The van der Waals surface area contributed by atoms with Gasteiger partial charge in [-0.1, -0.05) is 41.5 Å². The van der Waals surface area contributed by atoms with Gasteiger partial charge in [0.2, 0.25) is 0 Å². The minimum absolute atomic E-state index is 0.223. The monoisotopic (exact) mass is 311 g/mol. The number of rotatable bonds is 3. The topological polar surface area (TPSA) is 35.2 Å². The molecule has 98 valence electrons. The minimum Gasteiger partial charge on any atom is -0.455 e. The summed E-state index contributed by atoms with van der Waals surface area (Å²) < 4.78 is 5.78. The van der Waals surface area contributed by atoms with Crippen LogP contribution < -0.4 is 10.5 Å². The Bertz CT molecular complexity index is 643. The van der Waals surface area contributed by atoms with E-state index in [0.717, 1.165) is 5.56 Å². The summed E-state index contributed by atoms with van der Waals surface area (Å²) in [4.78, 5) is 0.223. The Morgan fingerprint density at radius 3 is 2.53 bits per heavy atom. The lowest BCUT2D eigenvalue weighted by Gasteiger charge is -2.12. The van der Waals surface area contributed by atoms with Gasteiger partial charge in [0.05, 0.1) is 10.6 Å². The van der Waals surface area contributed by atoms with Crippen LogP contribution in [0.25, 0.3) is 0 Å². The predicted molar refractivity (Wildman–Crippen MR) is 83.6 cm³/mol. The van der Waals surface area contributed by atoms with Gasteiger partial charge >= 0.3 is 0 Å². The minimum atomic E-state index is 0.223.